The molecule has 124 valence electrons. The van der Waals surface area contributed by atoms with Crippen LogP contribution in [0.25, 0.3) is 0 Å². The molecule has 2 rings (SSSR count). The highest BCUT2D eigenvalue weighted by Crippen LogP contribution is 2.41. The number of fused-ring (bicyclic) bond motifs is 1. The zero-order valence-electron chi connectivity index (χ0n) is 12.6. The van der Waals surface area contributed by atoms with Gasteiger partial charge in [-0.05, 0) is 12.5 Å². The van der Waals surface area contributed by atoms with Crippen molar-refractivity contribution in [3.63, 3.8) is 0 Å². The number of nitro groups is 1. The molecule has 9 nitrogen and oxygen atoms in total. The molecule has 0 aromatic heterocycles. The first-order chi connectivity index (χ1) is 10.9. The molecule has 1 heterocycles. The quantitative estimate of drug-likeness (QED) is 0.506. The number of benzene rings is 1. The number of rotatable bonds is 6. The molecule has 0 saturated carbocycles. The van der Waals surface area contributed by atoms with Crippen LogP contribution in [0.4, 0.5) is 11.4 Å². The van der Waals surface area contributed by atoms with Gasteiger partial charge in [0.15, 0.2) is 0 Å². The van der Waals surface area contributed by atoms with Crippen molar-refractivity contribution in [1.29, 1.82) is 0 Å². The maximum absolute atomic E-state index is 12.3. The Kier molecular flexibility index (Phi) is 4.80. The van der Waals surface area contributed by atoms with Gasteiger partial charge in [0, 0.05) is 31.0 Å². The van der Waals surface area contributed by atoms with Gasteiger partial charge in [-0.2, -0.15) is 0 Å². The average Bonchev–Trinajstić information content (AvgIpc) is 2.94. The first-order valence-electron chi connectivity index (χ1n) is 7.05. The van der Waals surface area contributed by atoms with E-state index in [1.54, 1.807) is 0 Å². The lowest BCUT2D eigenvalue weighted by Crippen LogP contribution is -2.68. The summed E-state index contributed by atoms with van der Waals surface area (Å²) in [5, 5.41) is 21.7. The van der Waals surface area contributed by atoms with Crippen LogP contribution >= 0.6 is 0 Å². The van der Waals surface area contributed by atoms with E-state index in [1.807, 2.05) is 0 Å². The number of methoxy groups -OCH3 is 1. The third kappa shape index (κ3) is 3.24. The van der Waals surface area contributed by atoms with Gasteiger partial charge >= 0.3 is 5.69 Å². The Bertz CT molecular complexity index is 660. The van der Waals surface area contributed by atoms with Gasteiger partial charge in [0.25, 0.3) is 0 Å². The predicted octanol–water partition coefficient (Wildman–Crippen LogP) is -1.37. The van der Waals surface area contributed by atoms with Crippen LogP contribution in [-0.4, -0.2) is 36.5 Å². The molecule has 23 heavy (non-hydrogen) atoms. The largest absolute Gasteiger partial charge is 0.544 e. The highest BCUT2D eigenvalue weighted by Gasteiger charge is 2.31. The second kappa shape index (κ2) is 6.61. The van der Waals surface area contributed by atoms with E-state index in [0.717, 1.165) is 0 Å². The molecule has 9 heteroatoms. The maximum atomic E-state index is 12.3. The molecule has 0 fully saturated rings. The first kappa shape index (κ1) is 16.7. The van der Waals surface area contributed by atoms with Crippen LogP contribution in [0.2, 0.25) is 0 Å². The van der Waals surface area contributed by atoms with E-state index < -0.39 is 16.9 Å². The number of hydrogen-bond donors (Lipinski definition) is 1. The minimum absolute atomic E-state index is 0.0148. The molecule has 0 aliphatic carbocycles. The number of carbonyl (C=O) groups excluding carboxylic acids is 2. The van der Waals surface area contributed by atoms with Crippen LogP contribution in [0.3, 0.4) is 0 Å². The molecule has 3 N–H and O–H groups in total. The van der Waals surface area contributed by atoms with Gasteiger partial charge in [0.05, 0.1) is 23.7 Å². The summed E-state index contributed by atoms with van der Waals surface area (Å²) in [6.45, 7) is 0.374. The van der Waals surface area contributed by atoms with E-state index in [0.29, 0.717) is 24.2 Å². The molecular formula is C14H17N3O6. The van der Waals surface area contributed by atoms with Gasteiger partial charge in [-0.25, -0.2) is 0 Å². The summed E-state index contributed by atoms with van der Waals surface area (Å²) in [7, 11) is 1.35. The Hall–Kier alpha value is -2.68. The van der Waals surface area contributed by atoms with Gasteiger partial charge in [0.1, 0.15) is 6.04 Å². The molecule has 1 aromatic carbocycles. The second-order valence-corrected chi connectivity index (χ2v) is 5.22. The van der Waals surface area contributed by atoms with Crippen LogP contribution in [0.1, 0.15) is 18.4 Å². The van der Waals surface area contributed by atoms with Crippen molar-refractivity contribution in [2.75, 3.05) is 18.6 Å². The molecule has 1 aliphatic rings. The average molecular weight is 323 g/mol. The predicted molar refractivity (Wildman–Crippen MR) is 76.6 cm³/mol. The number of amides is 1. The summed E-state index contributed by atoms with van der Waals surface area (Å²) in [6.07, 6.45) is 0.540. The molecule has 1 aromatic rings. The summed E-state index contributed by atoms with van der Waals surface area (Å²) in [5.41, 5.74) is 4.44. The van der Waals surface area contributed by atoms with Crippen molar-refractivity contribution in [2.45, 2.75) is 25.3 Å². The van der Waals surface area contributed by atoms with Crippen molar-refractivity contribution in [3.05, 3.63) is 27.8 Å². The fourth-order valence-corrected chi connectivity index (χ4v) is 2.62. The van der Waals surface area contributed by atoms with Crippen LogP contribution in [0.5, 0.6) is 5.75 Å². The molecular weight excluding hydrogens is 306 g/mol. The van der Waals surface area contributed by atoms with Crippen LogP contribution in [0, 0.1) is 10.1 Å². The van der Waals surface area contributed by atoms with E-state index in [4.69, 9.17) is 4.74 Å². The van der Waals surface area contributed by atoms with E-state index in [-0.39, 0.29) is 30.2 Å². The van der Waals surface area contributed by atoms with E-state index in [2.05, 4.69) is 5.73 Å². The monoisotopic (exact) mass is 323 g/mol. The third-order valence-corrected chi connectivity index (χ3v) is 3.83. The smallest absolute Gasteiger partial charge is 0.311 e. The standard InChI is InChI=1S/C14H17N3O6/c1-23-13-8-6-7-16(10(8)3-4-11(13)17(21)22)12(18)5-2-9(15)14(19)20/h3-4,9H,2,5-7,15H2,1H3,(H,19,20). The molecule has 0 radical (unpaired) electrons. The summed E-state index contributed by atoms with van der Waals surface area (Å²) in [6, 6.07) is 1.86. The number of anilines is 1. The zero-order chi connectivity index (χ0) is 17.1. The van der Waals surface area contributed by atoms with Gasteiger partial charge < -0.3 is 25.3 Å². The second-order valence-electron chi connectivity index (χ2n) is 5.22. The minimum atomic E-state index is -1.29. The molecule has 1 unspecified atom stereocenters. The van der Waals surface area contributed by atoms with Gasteiger partial charge in [-0.1, -0.05) is 0 Å². The molecule has 1 aliphatic heterocycles. The summed E-state index contributed by atoms with van der Waals surface area (Å²) in [4.78, 5) is 34.9. The van der Waals surface area contributed by atoms with E-state index in [9.17, 15) is 24.8 Å². The van der Waals surface area contributed by atoms with Crippen molar-refractivity contribution in [2.24, 2.45) is 0 Å². The summed E-state index contributed by atoms with van der Waals surface area (Å²) in [5.74, 6) is -1.39. The topological polar surface area (TPSA) is 140 Å². The Labute approximate surface area is 131 Å². The van der Waals surface area contributed by atoms with Gasteiger partial charge in [-0.3, -0.25) is 14.9 Å². The number of aliphatic carboxylic acids is 1. The Morgan fingerprint density at radius 1 is 1.48 bits per heavy atom. The van der Waals surface area contributed by atoms with Crippen molar-refractivity contribution in [3.8, 4) is 5.75 Å². The normalized spacial score (nSPS) is 14.3. The van der Waals surface area contributed by atoms with Gasteiger partial charge in [0.2, 0.25) is 11.7 Å². The lowest BCUT2D eigenvalue weighted by atomic mass is 10.1. The van der Waals surface area contributed by atoms with Crippen molar-refractivity contribution < 1.29 is 30.1 Å². The number of carboxylic acids is 1. The molecule has 0 spiro atoms. The van der Waals surface area contributed by atoms with Crippen LogP contribution in [0.15, 0.2) is 12.1 Å². The number of hydrogen-bond acceptors (Lipinski definition) is 6. The van der Waals surface area contributed by atoms with Crippen LogP contribution in [-0.2, 0) is 16.0 Å². The lowest BCUT2D eigenvalue weighted by Gasteiger charge is -2.18. The molecule has 1 atom stereocenters. The van der Waals surface area contributed by atoms with Crippen molar-refractivity contribution >= 4 is 23.3 Å². The number of nitro benzene ring substituents is 1. The number of nitrogens with zero attached hydrogens (tertiary/aromatic N) is 2. The Morgan fingerprint density at radius 3 is 2.74 bits per heavy atom. The minimum Gasteiger partial charge on any atom is -0.544 e. The Morgan fingerprint density at radius 2 is 2.17 bits per heavy atom. The van der Waals surface area contributed by atoms with Crippen LogP contribution < -0.4 is 20.5 Å². The lowest BCUT2D eigenvalue weighted by molar-refractivity contribution is -0.438. The number of ether oxygens (including phenoxy) is 1. The maximum Gasteiger partial charge on any atom is 0.311 e. The number of carbonyl (C=O) groups is 2. The number of quaternary nitrogens is 1. The Balaban J connectivity index is 2.20. The zero-order valence-corrected chi connectivity index (χ0v) is 12.6. The first-order valence-corrected chi connectivity index (χ1v) is 7.05. The van der Waals surface area contributed by atoms with Crippen molar-refractivity contribution in [1.82, 2.24) is 0 Å². The number of carboxylic acid groups (broad SMARTS) is 1. The third-order valence-electron chi connectivity index (χ3n) is 3.83. The summed E-state index contributed by atoms with van der Waals surface area (Å²) < 4.78 is 5.13. The molecule has 1 amide bonds. The SMILES string of the molecule is COc1c([N+](=O)[O-])ccc2c1CCN2C(=O)CCC([NH3+])C(=O)[O-]. The molecule has 0 saturated heterocycles. The fraction of sp³-hybridized carbons (Fsp3) is 0.429. The van der Waals surface area contributed by atoms with E-state index >= 15 is 0 Å². The highest BCUT2D eigenvalue weighted by atomic mass is 16.6. The fourth-order valence-electron chi connectivity index (χ4n) is 2.62. The molecule has 0 bridgehead atoms. The van der Waals surface area contributed by atoms with E-state index in [1.165, 1.54) is 24.1 Å². The summed E-state index contributed by atoms with van der Waals surface area (Å²) >= 11 is 0. The van der Waals surface area contributed by atoms with Gasteiger partial charge in [-0.15, -0.1) is 0 Å². The highest BCUT2D eigenvalue weighted by molar-refractivity contribution is 5.96.